The van der Waals surface area contributed by atoms with Crippen molar-refractivity contribution >= 4 is 11.2 Å². The maximum absolute atomic E-state index is 4.79. The quantitative estimate of drug-likeness (QED) is 0.725. The number of aromatic nitrogens is 3. The van der Waals surface area contributed by atoms with E-state index < -0.39 is 0 Å². The van der Waals surface area contributed by atoms with E-state index in [1.165, 1.54) is 11.1 Å². The number of nitrogens with zero attached hydrogens (tertiary/aromatic N) is 4. The highest BCUT2D eigenvalue weighted by Gasteiger charge is 2.12. The van der Waals surface area contributed by atoms with Gasteiger partial charge >= 0.3 is 0 Å². The third-order valence-electron chi connectivity index (χ3n) is 3.84. The molecular weight excluding hydrogens is 272 g/mol. The largest absolute Gasteiger partial charge is 0.311 e. The van der Waals surface area contributed by atoms with Crippen LogP contribution in [0.2, 0.25) is 0 Å². The zero-order valence-corrected chi connectivity index (χ0v) is 13.5. The van der Waals surface area contributed by atoms with E-state index in [2.05, 4.69) is 59.7 Å². The Kier molecular flexibility index (Phi) is 4.20. The van der Waals surface area contributed by atoms with Crippen LogP contribution in [0.15, 0.2) is 42.6 Å². The van der Waals surface area contributed by atoms with Crippen LogP contribution in [0.3, 0.4) is 0 Å². The lowest BCUT2D eigenvalue weighted by Crippen LogP contribution is -2.19. The van der Waals surface area contributed by atoms with Gasteiger partial charge in [0.15, 0.2) is 5.65 Å². The summed E-state index contributed by atoms with van der Waals surface area (Å²) in [5, 5.41) is 0. The molecule has 0 fully saturated rings. The van der Waals surface area contributed by atoms with Crippen molar-refractivity contribution in [1.29, 1.82) is 0 Å². The predicted molar refractivity (Wildman–Crippen MR) is 90.1 cm³/mol. The molecule has 0 radical (unpaired) electrons. The fourth-order valence-corrected chi connectivity index (χ4v) is 2.56. The van der Waals surface area contributed by atoms with Crippen LogP contribution in [0.25, 0.3) is 11.2 Å². The summed E-state index contributed by atoms with van der Waals surface area (Å²) >= 11 is 0. The molecule has 0 saturated carbocycles. The van der Waals surface area contributed by atoms with Crippen molar-refractivity contribution in [1.82, 2.24) is 19.4 Å². The third kappa shape index (κ3) is 3.17. The minimum absolute atomic E-state index is 0.837. The number of fused-ring (bicyclic) bond motifs is 1. The van der Waals surface area contributed by atoms with Gasteiger partial charge < -0.3 is 9.47 Å². The Morgan fingerprint density at radius 2 is 1.86 bits per heavy atom. The van der Waals surface area contributed by atoms with Crippen molar-refractivity contribution in [3.05, 3.63) is 59.5 Å². The molecule has 0 spiro atoms. The highest BCUT2D eigenvalue weighted by Crippen LogP contribution is 2.17. The van der Waals surface area contributed by atoms with Crippen LogP contribution in [-0.4, -0.2) is 40.1 Å². The summed E-state index contributed by atoms with van der Waals surface area (Å²) in [4.78, 5) is 11.5. The summed E-state index contributed by atoms with van der Waals surface area (Å²) in [7, 11) is 4.18. The van der Waals surface area contributed by atoms with Crippen LogP contribution in [0, 0.1) is 6.92 Å². The Bertz CT molecular complexity index is 756. The molecule has 4 heteroatoms. The van der Waals surface area contributed by atoms with Gasteiger partial charge in [0, 0.05) is 25.7 Å². The minimum atomic E-state index is 0.837. The zero-order valence-electron chi connectivity index (χ0n) is 13.5. The second kappa shape index (κ2) is 6.28. The Morgan fingerprint density at radius 1 is 1.09 bits per heavy atom. The van der Waals surface area contributed by atoms with Gasteiger partial charge in [0.05, 0.1) is 0 Å². The Hall–Kier alpha value is -2.20. The van der Waals surface area contributed by atoms with Crippen molar-refractivity contribution in [2.24, 2.45) is 0 Å². The number of likely N-dealkylation sites (N-methyl/N-ethyl adjacent to an activating group) is 1. The third-order valence-corrected chi connectivity index (χ3v) is 3.84. The van der Waals surface area contributed by atoms with Gasteiger partial charge in [-0.15, -0.1) is 0 Å². The lowest BCUT2D eigenvalue weighted by Gasteiger charge is -2.13. The van der Waals surface area contributed by atoms with Gasteiger partial charge in [-0.05, 0) is 38.7 Å². The maximum Gasteiger partial charge on any atom is 0.160 e. The van der Waals surface area contributed by atoms with E-state index in [0.29, 0.717) is 0 Å². The molecule has 0 aliphatic rings. The molecule has 0 amide bonds. The molecule has 114 valence electrons. The van der Waals surface area contributed by atoms with Gasteiger partial charge in [0.25, 0.3) is 0 Å². The summed E-state index contributed by atoms with van der Waals surface area (Å²) in [5.74, 6) is 1.08. The monoisotopic (exact) mass is 294 g/mol. The molecule has 1 aromatic carbocycles. The summed E-state index contributed by atoms with van der Waals surface area (Å²) in [6.45, 7) is 3.99. The second-order valence-corrected chi connectivity index (χ2v) is 5.99. The van der Waals surface area contributed by atoms with Crippen molar-refractivity contribution in [3.63, 3.8) is 0 Å². The van der Waals surface area contributed by atoms with Crippen molar-refractivity contribution in [3.8, 4) is 0 Å². The van der Waals surface area contributed by atoms with Gasteiger partial charge in [0.2, 0.25) is 0 Å². The molecule has 0 aliphatic carbocycles. The van der Waals surface area contributed by atoms with E-state index in [-0.39, 0.29) is 0 Å². The number of aryl methyl sites for hydroxylation is 1. The van der Waals surface area contributed by atoms with E-state index in [1.54, 1.807) is 0 Å². The van der Waals surface area contributed by atoms with Gasteiger partial charge in [-0.1, -0.05) is 29.8 Å². The molecule has 2 heterocycles. The van der Waals surface area contributed by atoms with Crippen LogP contribution in [0.5, 0.6) is 0 Å². The van der Waals surface area contributed by atoms with E-state index in [1.807, 2.05) is 18.3 Å². The SMILES string of the molecule is Cc1ccc(Cc2nc3cccnc3n2CCN(C)C)cc1. The lowest BCUT2D eigenvalue weighted by atomic mass is 10.1. The molecular formula is C18H22N4. The molecule has 22 heavy (non-hydrogen) atoms. The number of imidazole rings is 1. The number of benzene rings is 1. The molecule has 0 bridgehead atoms. The van der Waals surface area contributed by atoms with Crippen LogP contribution in [0.1, 0.15) is 17.0 Å². The maximum atomic E-state index is 4.79. The molecule has 3 rings (SSSR count). The number of rotatable bonds is 5. The summed E-state index contributed by atoms with van der Waals surface area (Å²) in [5.41, 5.74) is 4.52. The second-order valence-electron chi connectivity index (χ2n) is 5.99. The Balaban J connectivity index is 1.96. The fourth-order valence-electron chi connectivity index (χ4n) is 2.56. The normalized spacial score (nSPS) is 11.5. The van der Waals surface area contributed by atoms with Crippen LogP contribution in [-0.2, 0) is 13.0 Å². The van der Waals surface area contributed by atoms with Crippen LogP contribution in [0.4, 0.5) is 0 Å². The fraction of sp³-hybridized carbons (Fsp3) is 0.333. The number of pyridine rings is 1. The summed E-state index contributed by atoms with van der Waals surface area (Å²) in [6, 6.07) is 12.6. The van der Waals surface area contributed by atoms with Gasteiger partial charge in [-0.3, -0.25) is 0 Å². The molecule has 0 N–H and O–H groups in total. The predicted octanol–water partition coefficient (Wildman–Crippen LogP) is 2.89. The molecule has 0 aliphatic heterocycles. The van der Waals surface area contributed by atoms with E-state index in [9.17, 15) is 0 Å². The highest BCUT2D eigenvalue weighted by molar-refractivity contribution is 5.71. The van der Waals surface area contributed by atoms with Crippen LogP contribution >= 0.6 is 0 Å². The summed E-state index contributed by atoms with van der Waals surface area (Å²) < 4.78 is 2.25. The van der Waals surface area contributed by atoms with Gasteiger partial charge in [-0.25, -0.2) is 9.97 Å². The Labute approximate surface area is 131 Å². The van der Waals surface area contributed by atoms with Crippen molar-refractivity contribution in [2.45, 2.75) is 19.9 Å². The molecule has 0 saturated heterocycles. The molecule has 2 aromatic heterocycles. The van der Waals surface area contributed by atoms with Gasteiger partial charge in [0.1, 0.15) is 11.3 Å². The topological polar surface area (TPSA) is 34.0 Å². The van der Waals surface area contributed by atoms with E-state index in [4.69, 9.17) is 4.98 Å². The first-order valence-electron chi connectivity index (χ1n) is 7.64. The smallest absolute Gasteiger partial charge is 0.160 e. The molecule has 3 aromatic rings. The molecule has 4 nitrogen and oxygen atoms in total. The van der Waals surface area contributed by atoms with Crippen molar-refractivity contribution in [2.75, 3.05) is 20.6 Å². The molecule has 0 atom stereocenters. The van der Waals surface area contributed by atoms with Crippen LogP contribution < -0.4 is 0 Å². The first kappa shape index (κ1) is 14.7. The first-order chi connectivity index (χ1) is 10.6. The van der Waals surface area contributed by atoms with E-state index in [0.717, 1.165) is 36.5 Å². The lowest BCUT2D eigenvalue weighted by molar-refractivity contribution is 0.383. The average Bonchev–Trinajstić information content (AvgIpc) is 2.85. The summed E-state index contributed by atoms with van der Waals surface area (Å²) in [6.07, 6.45) is 2.68. The number of hydrogen-bond donors (Lipinski definition) is 0. The average molecular weight is 294 g/mol. The van der Waals surface area contributed by atoms with Crippen molar-refractivity contribution < 1.29 is 0 Å². The first-order valence-corrected chi connectivity index (χ1v) is 7.64. The number of hydrogen-bond acceptors (Lipinski definition) is 3. The van der Waals surface area contributed by atoms with Gasteiger partial charge in [-0.2, -0.15) is 0 Å². The molecule has 0 unspecified atom stereocenters. The standard InChI is InChI=1S/C18H22N4/c1-14-6-8-15(9-7-14)13-17-20-16-5-4-10-19-18(16)22(17)12-11-21(2)3/h4-10H,11-13H2,1-3H3. The minimum Gasteiger partial charge on any atom is -0.311 e. The zero-order chi connectivity index (χ0) is 15.5. The Morgan fingerprint density at radius 3 is 2.59 bits per heavy atom. The van der Waals surface area contributed by atoms with E-state index >= 15 is 0 Å². The highest BCUT2D eigenvalue weighted by atomic mass is 15.2.